The molecule has 0 bridgehead atoms. The number of carbonyl (C=O) groups excluding carboxylic acids is 1. The third-order valence-electron chi connectivity index (χ3n) is 3.19. The number of hydrogen-bond donors (Lipinski definition) is 2. The summed E-state index contributed by atoms with van der Waals surface area (Å²) in [6, 6.07) is 0.803. The van der Waals surface area contributed by atoms with Gasteiger partial charge in [0.15, 0.2) is 0 Å². The molecule has 1 aliphatic rings. The van der Waals surface area contributed by atoms with E-state index < -0.39 is 0 Å². The van der Waals surface area contributed by atoms with Gasteiger partial charge in [0.25, 0.3) is 0 Å². The Morgan fingerprint density at radius 2 is 2.00 bits per heavy atom. The summed E-state index contributed by atoms with van der Waals surface area (Å²) >= 11 is 0. The number of nitrogens with one attached hydrogen (secondary N) is 2. The molecule has 3 atom stereocenters. The molecule has 1 saturated heterocycles. The van der Waals surface area contributed by atoms with Crippen LogP contribution in [0.5, 0.6) is 0 Å². The lowest BCUT2D eigenvalue weighted by molar-refractivity contribution is -0.128. The average Bonchev–Trinajstić information content (AvgIpc) is 2.18. The molecule has 100 valence electrons. The minimum atomic E-state index is -0.158. The van der Waals surface area contributed by atoms with Gasteiger partial charge in [-0.1, -0.05) is 0 Å². The highest BCUT2D eigenvalue weighted by atomic mass is 16.2. The van der Waals surface area contributed by atoms with Crippen molar-refractivity contribution in [1.82, 2.24) is 15.5 Å². The molecular formula is C13H27N3O. The van der Waals surface area contributed by atoms with Crippen molar-refractivity contribution in [3.63, 3.8) is 0 Å². The first-order valence-corrected chi connectivity index (χ1v) is 6.52. The summed E-state index contributed by atoms with van der Waals surface area (Å²) in [7, 11) is 0. The van der Waals surface area contributed by atoms with Gasteiger partial charge in [-0.25, -0.2) is 0 Å². The van der Waals surface area contributed by atoms with Crippen LogP contribution in [0.2, 0.25) is 0 Å². The molecule has 2 N–H and O–H groups in total. The first-order valence-electron chi connectivity index (χ1n) is 6.52. The van der Waals surface area contributed by atoms with Crippen LogP contribution < -0.4 is 10.6 Å². The van der Waals surface area contributed by atoms with E-state index in [1.54, 1.807) is 0 Å². The molecule has 0 aromatic carbocycles. The zero-order valence-electron chi connectivity index (χ0n) is 12.0. The van der Waals surface area contributed by atoms with Gasteiger partial charge < -0.3 is 10.6 Å². The van der Waals surface area contributed by atoms with Crippen molar-refractivity contribution in [2.45, 2.75) is 65.2 Å². The van der Waals surface area contributed by atoms with Gasteiger partial charge in [-0.3, -0.25) is 9.69 Å². The third kappa shape index (κ3) is 4.28. The quantitative estimate of drug-likeness (QED) is 0.757. The summed E-state index contributed by atoms with van der Waals surface area (Å²) in [4.78, 5) is 14.4. The number of hydrogen-bond acceptors (Lipinski definition) is 3. The number of rotatable bonds is 2. The molecule has 1 fully saturated rings. The van der Waals surface area contributed by atoms with Crippen LogP contribution in [0, 0.1) is 0 Å². The number of carbonyl (C=O) groups is 1. The minimum absolute atomic E-state index is 0.0613. The van der Waals surface area contributed by atoms with Gasteiger partial charge in [0, 0.05) is 30.7 Å². The first-order chi connectivity index (χ1) is 7.70. The van der Waals surface area contributed by atoms with Crippen LogP contribution in [0.4, 0.5) is 0 Å². The normalized spacial score (nSPS) is 28.8. The Balaban J connectivity index is 2.61. The predicted molar refractivity (Wildman–Crippen MR) is 71.0 cm³/mol. The minimum Gasteiger partial charge on any atom is -0.350 e. The van der Waals surface area contributed by atoms with Crippen LogP contribution in [-0.2, 0) is 4.79 Å². The van der Waals surface area contributed by atoms with Gasteiger partial charge in [-0.05, 0) is 41.5 Å². The Kier molecular flexibility index (Phi) is 4.55. The Morgan fingerprint density at radius 1 is 1.41 bits per heavy atom. The molecule has 0 aromatic rings. The summed E-state index contributed by atoms with van der Waals surface area (Å²) in [6.45, 7) is 14.3. The van der Waals surface area contributed by atoms with E-state index >= 15 is 0 Å². The molecule has 17 heavy (non-hydrogen) atoms. The standard InChI is InChI=1S/C13H27N3O/c1-9-8-16(10(2)7-14-9)11(3)12(17)15-13(4,5)6/h9-11,14H,7-8H2,1-6H3,(H,15,17). The maximum atomic E-state index is 12.1. The maximum Gasteiger partial charge on any atom is 0.237 e. The molecule has 0 radical (unpaired) electrons. The van der Waals surface area contributed by atoms with E-state index in [0.29, 0.717) is 12.1 Å². The van der Waals surface area contributed by atoms with E-state index in [1.807, 2.05) is 27.7 Å². The van der Waals surface area contributed by atoms with Gasteiger partial charge in [-0.2, -0.15) is 0 Å². The Hall–Kier alpha value is -0.610. The first kappa shape index (κ1) is 14.5. The van der Waals surface area contributed by atoms with Gasteiger partial charge in [0.05, 0.1) is 6.04 Å². The molecule has 1 heterocycles. The SMILES string of the molecule is CC1CN(C(C)C(=O)NC(C)(C)C)C(C)CN1. The van der Waals surface area contributed by atoms with Crippen molar-refractivity contribution >= 4 is 5.91 Å². The van der Waals surface area contributed by atoms with Crippen LogP contribution >= 0.6 is 0 Å². The molecule has 1 amide bonds. The second kappa shape index (κ2) is 5.36. The highest BCUT2D eigenvalue weighted by molar-refractivity contribution is 5.82. The largest absolute Gasteiger partial charge is 0.350 e. The molecule has 1 aliphatic heterocycles. The third-order valence-corrected chi connectivity index (χ3v) is 3.19. The van der Waals surface area contributed by atoms with Crippen LogP contribution in [0.15, 0.2) is 0 Å². The predicted octanol–water partition coefficient (Wildman–Crippen LogP) is 0.972. The number of piperazine rings is 1. The molecule has 1 rings (SSSR count). The van der Waals surface area contributed by atoms with Crippen molar-refractivity contribution in [3.8, 4) is 0 Å². The average molecular weight is 241 g/mol. The highest BCUT2D eigenvalue weighted by Gasteiger charge is 2.31. The summed E-state index contributed by atoms with van der Waals surface area (Å²) in [6.07, 6.45) is 0. The van der Waals surface area contributed by atoms with E-state index in [1.165, 1.54) is 0 Å². The van der Waals surface area contributed by atoms with E-state index in [4.69, 9.17) is 0 Å². The fraction of sp³-hybridized carbons (Fsp3) is 0.923. The number of nitrogens with zero attached hydrogens (tertiary/aromatic N) is 1. The molecule has 0 saturated carbocycles. The van der Waals surface area contributed by atoms with Crippen LogP contribution in [0.25, 0.3) is 0 Å². The van der Waals surface area contributed by atoms with Gasteiger partial charge in [0.1, 0.15) is 0 Å². The fourth-order valence-electron chi connectivity index (χ4n) is 2.21. The lowest BCUT2D eigenvalue weighted by Gasteiger charge is -2.41. The summed E-state index contributed by atoms with van der Waals surface area (Å²) in [5, 5.41) is 6.48. The Labute approximate surface area is 105 Å². The molecule has 0 aromatic heterocycles. The van der Waals surface area contributed by atoms with Crippen molar-refractivity contribution < 1.29 is 4.79 Å². The zero-order chi connectivity index (χ0) is 13.2. The van der Waals surface area contributed by atoms with Crippen molar-refractivity contribution in [2.75, 3.05) is 13.1 Å². The maximum absolute atomic E-state index is 12.1. The molecular weight excluding hydrogens is 214 g/mol. The Bertz CT molecular complexity index is 272. The van der Waals surface area contributed by atoms with Gasteiger partial charge in [-0.15, -0.1) is 0 Å². The smallest absolute Gasteiger partial charge is 0.237 e. The van der Waals surface area contributed by atoms with E-state index in [2.05, 4.69) is 29.4 Å². The van der Waals surface area contributed by atoms with Crippen LogP contribution in [0.1, 0.15) is 41.5 Å². The van der Waals surface area contributed by atoms with E-state index in [-0.39, 0.29) is 17.5 Å². The lowest BCUT2D eigenvalue weighted by atomic mass is 10.1. The van der Waals surface area contributed by atoms with Crippen molar-refractivity contribution in [1.29, 1.82) is 0 Å². The van der Waals surface area contributed by atoms with E-state index in [0.717, 1.165) is 13.1 Å². The second-order valence-electron chi connectivity index (χ2n) is 6.27. The van der Waals surface area contributed by atoms with Crippen molar-refractivity contribution in [3.05, 3.63) is 0 Å². The molecule has 0 spiro atoms. The monoisotopic (exact) mass is 241 g/mol. The molecule has 3 unspecified atom stereocenters. The fourth-order valence-corrected chi connectivity index (χ4v) is 2.21. The van der Waals surface area contributed by atoms with E-state index in [9.17, 15) is 4.79 Å². The highest BCUT2D eigenvalue weighted by Crippen LogP contribution is 2.12. The summed E-state index contributed by atoms with van der Waals surface area (Å²) in [5.41, 5.74) is -0.158. The summed E-state index contributed by atoms with van der Waals surface area (Å²) in [5.74, 6) is 0.124. The van der Waals surface area contributed by atoms with Crippen LogP contribution in [0.3, 0.4) is 0 Å². The number of amides is 1. The summed E-state index contributed by atoms with van der Waals surface area (Å²) < 4.78 is 0. The van der Waals surface area contributed by atoms with Crippen molar-refractivity contribution in [2.24, 2.45) is 0 Å². The molecule has 0 aliphatic carbocycles. The van der Waals surface area contributed by atoms with Gasteiger partial charge >= 0.3 is 0 Å². The zero-order valence-corrected chi connectivity index (χ0v) is 12.0. The second-order valence-corrected chi connectivity index (χ2v) is 6.27. The Morgan fingerprint density at radius 3 is 2.53 bits per heavy atom. The van der Waals surface area contributed by atoms with Crippen LogP contribution in [-0.4, -0.2) is 47.6 Å². The topological polar surface area (TPSA) is 44.4 Å². The molecule has 4 heteroatoms. The van der Waals surface area contributed by atoms with Gasteiger partial charge in [0.2, 0.25) is 5.91 Å². The molecule has 4 nitrogen and oxygen atoms in total. The lowest BCUT2D eigenvalue weighted by Crippen LogP contribution is -2.61.